The van der Waals surface area contributed by atoms with Gasteiger partial charge in [-0.15, -0.1) is 0 Å². The molecule has 6 heteroatoms. The molecule has 2 N–H and O–H groups in total. The Balaban J connectivity index is 2.17. The molecule has 2 aromatic rings. The molecule has 0 bridgehead atoms. The maximum Gasteiger partial charge on any atom is 0.268 e. The lowest BCUT2D eigenvalue weighted by molar-refractivity contribution is -0.151. The van der Waals surface area contributed by atoms with Crippen molar-refractivity contribution in [3.63, 3.8) is 0 Å². The first-order valence-electron chi connectivity index (χ1n) is 12.6. The number of hydrogen-bond acceptors (Lipinski definition) is 4. The summed E-state index contributed by atoms with van der Waals surface area (Å²) in [7, 11) is 0. The van der Waals surface area contributed by atoms with E-state index in [-0.39, 0.29) is 18.4 Å². The normalized spacial score (nSPS) is 13.1. The van der Waals surface area contributed by atoms with E-state index < -0.39 is 6.04 Å². The van der Waals surface area contributed by atoms with Crippen molar-refractivity contribution in [2.24, 2.45) is 11.8 Å². The first-order chi connectivity index (χ1) is 16.9. The Hall–Kier alpha value is -2.96. The second kappa shape index (κ2) is 15.8. The molecule has 0 unspecified atom stereocenters. The van der Waals surface area contributed by atoms with Gasteiger partial charge >= 0.3 is 0 Å². The maximum atomic E-state index is 13.3. The van der Waals surface area contributed by atoms with Crippen LogP contribution in [0.25, 0.3) is 6.08 Å². The molecule has 0 saturated carbocycles. The second-order valence-electron chi connectivity index (χ2n) is 9.38. The van der Waals surface area contributed by atoms with Gasteiger partial charge in [-0.05, 0) is 35.8 Å². The highest BCUT2D eigenvalue weighted by atomic mass is 16.6. The van der Waals surface area contributed by atoms with Crippen molar-refractivity contribution in [2.45, 2.75) is 66.0 Å². The van der Waals surface area contributed by atoms with Gasteiger partial charge < -0.3 is 0 Å². The molecule has 2 atom stereocenters. The fraction of sp³-hybridized carbons (Fsp3) is 0.448. The van der Waals surface area contributed by atoms with Crippen molar-refractivity contribution >= 4 is 17.9 Å². The molecule has 190 valence electrons. The van der Waals surface area contributed by atoms with Crippen molar-refractivity contribution in [1.29, 1.82) is 0 Å². The van der Waals surface area contributed by atoms with Crippen LogP contribution in [0.4, 0.5) is 0 Å². The Kier molecular flexibility index (Phi) is 12.8. The molecule has 0 aromatic heterocycles. The van der Waals surface area contributed by atoms with E-state index in [0.29, 0.717) is 31.2 Å². The smallest absolute Gasteiger partial charge is 0.268 e. The maximum absolute atomic E-state index is 13.3. The molecule has 2 rings (SSSR count). The van der Waals surface area contributed by atoms with E-state index in [0.717, 1.165) is 24.0 Å². The molecular formula is C29H41N3O3. The summed E-state index contributed by atoms with van der Waals surface area (Å²) in [5.74, 6) is 0.328. The number of benzene rings is 2. The molecular weight excluding hydrogens is 438 g/mol. The molecule has 2 amide bonds. The summed E-state index contributed by atoms with van der Waals surface area (Å²) in [5, 5.41) is 1.52. The third kappa shape index (κ3) is 10.9. The first kappa shape index (κ1) is 28.3. The summed E-state index contributed by atoms with van der Waals surface area (Å²) >= 11 is 0. The van der Waals surface area contributed by atoms with Crippen molar-refractivity contribution in [2.75, 3.05) is 6.54 Å². The van der Waals surface area contributed by atoms with Crippen molar-refractivity contribution in [3.05, 3.63) is 77.9 Å². The lowest BCUT2D eigenvalue weighted by Gasteiger charge is -2.32. The van der Waals surface area contributed by atoms with Crippen LogP contribution in [-0.2, 0) is 21.0 Å². The van der Waals surface area contributed by atoms with Gasteiger partial charge in [0.05, 0.1) is 6.61 Å². The van der Waals surface area contributed by atoms with Gasteiger partial charge in [-0.3, -0.25) is 19.4 Å². The summed E-state index contributed by atoms with van der Waals surface area (Å²) in [4.78, 5) is 32.0. The SMILES string of the molecule is CC[C@H](C)CNN(C(=O)CCC(C)C)[C@@H](CC=Cc1ccccc1)C(=O)NOCc1ccccc1. The lowest BCUT2D eigenvalue weighted by Crippen LogP contribution is -2.56. The standard InChI is InChI=1S/C29H41N3O3/c1-5-24(4)21-30-32(28(33)20-19-23(2)3)27(18-12-17-25-13-8-6-9-14-25)29(34)31-35-22-26-15-10-7-11-16-26/h6-17,23-24,27,30H,5,18-22H2,1-4H3,(H,31,34)/t24-,27-/m0/s1. The van der Waals surface area contributed by atoms with Gasteiger partial charge in [-0.25, -0.2) is 10.9 Å². The van der Waals surface area contributed by atoms with Gasteiger partial charge in [0.15, 0.2) is 0 Å². The van der Waals surface area contributed by atoms with Crippen molar-refractivity contribution < 1.29 is 14.4 Å². The molecule has 0 aliphatic rings. The van der Waals surface area contributed by atoms with E-state index in [9.17, 15) is 9.59 Å². The minimum Gasteiger partial charge on any atom is -0.273 e. The van der Waals surface area contributed by atoms with E-state index in [1.54, 1.807) is 0 Å². The van der Waals surface area contributed by atoms with E-state index in [2.05, 4.69) is 38.6 Å². The van der Waals surface area contributed by atoms with Crippen LogP contribution in [0.5, 0.6) is 0 Å². The van der Waals surface area contributed by atoms with Crippen LogP contribution in [0.2, 0.25) is 0 Å². The van der Waals surface area contributed by atoms with Crippen LogP contribution in [-0.4, -0.2) is 29.4 Å². The zero-order valence-electron chi connectivity index (χ0n) is 21.6. The van der Waals surface area contributed by atoms with Gasteiger partial charge in [0.25, 0.3) is 5.91 Å². The van der Waals surface area contributed by atoms with Crippen LogP contribution in [0, 0.1) is 11.8 Å². The number of rotatable bonds is 15. The monoisotopic (exact) mass is 479 g/mol. The van der Waals surface area contributed by atoms with Gasteiger partial charge in [0.1, 0.15) is 6.04 Å². The second-order valence-corrected chi connectivity index (χ2v) is 9.38. The van der Waals surface area contributed by atoms with Gasteiger partial charge in [0.2, 0.25) is 5.91 Å². The number of hydroxylamine groups is 1. The van der Waals surface area contributed by atoms with E-state index in [1.165, 1.54) is 5.01 Å². The van der Waals surface area contributed by atoms with Crippen LogP contribution < -0.4 is 10.9 Å². The molecule has 6 nitrogen and oxygen atoms in total. The quantitative estimate of drug-likeness (QED) is 0.330. The summed E-state index contributed by atoms with van der Waals surface area (Å²) in [6.07, 6.45) is 6.38. The number of hydrogen-bond donors (Lipinski definition) is 2. The molecule has 0 fully saturated rings. The van der Waals surface area contributed by atoms with Crippen LogP contribution in [0.1, 0.15) is 64.5 Å². The summed E-state index contributed by atoms with van der Waals surface area (Å²) < 4.78 is 0. The average Bonchev–Trinajstić information content (AvgIpc) is 2.87. The number of carbonyl (C=O) groups excluding carboxylic acids is 2. The van der Waals surface area contributed by atoms with E-state index >= 15 is 0 Å². The lowest BCUT2D eigenvalue weighted by atomic mass is 10.1. The number of nitrogens with zero attached hydrogens (tertiary/aromatic N) is 1. The topological polar surface area (TPSA) is 70.7 Å². The fourth-order valence-corrected chi connectivity index (χ4v) is 3.36. The van der Waals surface area contributed by atoms with Crippen LogP contribution >= 0.6 is 0 Å². The number of hydrazine groups is 1. The fourth-order valence-electron chi connectivity index (χ4n) is 3.36. The van der Waals surface area contributed by atoms with Crippen molar-refractivity contribution in [1.82, 2.24) is 15.9 Å². The highest BCUT2D eigenvalue weighted by molar-refractivity contribution is 5.87. The van der Waals surface area contributed by atoms with E-state index in [1.807, 2.05) is 72.8 Å². The molecule has 2 aromatic carbocycles. The van der Waals surface area contributed by atoms with Crippen molar-refractivity contribution in [3.8, 4) is 0 Å². The Labute approximate surface area is 210 Å². The Morgan fingerprint density at radius 2 is 1.66 bits per heavy atom. The minimum absolute atomic E-state index is 0.0849. The Bertz CT molecular complexity index is 900. The average molecular weight is 480 g/mol. The summed E-state index contributed by atoms with van der Waals surface area (Å²) in [6.45, 7) is 9.28. The zero-order valence-corrected chi connectivity index (χ0v) is 21.6. The van der Waals surface area contributed by atoms with Crippen LogP contribution in [0.15, 0.2) is 66.7 Å². The highest BCUT2D eigenvalue weighted by Gasteiger charge is 2.29. The Morgan fingerprint density at radius 3 is 2.29 bits per heavy atom. The number of carbonyl (C=O) groups is 2. The molecule has 0 aliphatic heterocycles. The van der Waals surface area contributed by atoms with Crippen LogP contribution in [0.3, 0.4) is 0 Å². The zero-order chi connectivity index (χ0) is 25.5. The Morgan fingerprint density at radius 1 is 1.00 bits per heavy atom. The predicted molar refractivity (Wildman–Crippen MR) is 142 cm³/mol. The van der Waals surface area contributed by atoms with Gasteiger partial charge in [0, 0.05) is 13.0 Å². The largest absolute Gasteiger partial charge is 0.273 e. The molecule has 0 heterocycles. The predicted octanol–water partition coefficient (Wildman–Crippen LogP) is 5.52. The highest BCUT2D eigenvalue weighted by Crippen LogP contribution is 2.13. The van der Waals surface area contributed by atoms with Gasteiger partial charge in [-0.1, -0.05) is 107 Å². The third-order valence-corrected chi connectivity index (χ3v) is 5.85. The molecule has 0 aliphatic carbocycles. The minimum atomic E-state index is -0.741. The molecule has 0 saturated heterocycles. The van der Waals surface area contributed by atoms with E-state index in [4.69, 9.17) is 4.84 Å². The summed E-state index contributed by atoms with van der Waals surface area (Å²) in [6, 6.07) is 18.8. The molecule has 35 heavy (non-hydrogen) atoms. The number of nitrogens with one attached hydrogen (secondary N) is 2. The summed E-state index contributed by atoms with van der Waals surface area (Å²) in [5.41, 5.74) is 7.83. The molecule has 0 spiro atoms. The van der Waals surface area contributed by atoms with Gasteiger partial charge in [-0.2, -0.15) is 0 Å². The first-order valence-corrected chi connectivity index (χ1v) is 12.6. The molecule has 0 radical (unpaired) electrons. The third-order valence-electron chi connectivity index (χ3n) is 5.85. The number of amides is 2.